The van der Waals surface area contributed by atoms with E-state index in [9.17, 15) is 9.59 Å². The Bertz CT molecular complexity index is 1010. The molecule has 0 unspecified atom stereocenters. The van der Waals surface area contributed by atoms with Gasteiger partial charge in [0, 0.05) is 24.6 Å². The largest absolute Gasteiger partial charge is 0.494 e. The Hall–Kier alpha value is -2.93. The molecular weight excluding hydrogens is 480 g/mol. The topological polar surface area (TPSA) is 85.9 Å². The highest BCUT2D eigenvalue weighted by Crippen LogP contribution is 2.30. The molecule has 0 heterocycles. The highest BCUT2D eigenvalue weighted by Gasteiger charge is 2.29. The number of halogens is 1. The molecule has 7 nitrogen and oxygen atoms in total. The Morgan fingerprint density at radius 2 is 1.64 bits per heavy atom. The van der Waals surface area contributed by atoms with Crippen LogP contribution in [0.15, 0.2) is 36.4 Å². The molecule has 198 valence electrons. The van der Waals surface area contributed by atoms with Gasteiger partial charge < -0.3 is 24.8 Å². The molecule has 0 aliphatic carbocycles. The summed E-state index contributed by atoms with van der Waals surface area (Å²) in [4.78, 5) is 23.8. The van der Waals surface area contributed by atoms with Gasteiger partial charge in [0.05, 0.1) is 36.6 Å². The van der Waals surface area contributed by atoms with Crippen LogP contribution in [-0.2, 0) is 20.9 Å². The molecule has 8 heteroatoms. The van der Waals surface area contributed by atoms with Crippen LogP contribution in [0.3, 0.4) is 0 Å². The minimum Gasteiger partial charge on any atom is -0.494 e. The van der Waals surface area contributed by atoms with E-state index in [0.29, 0.717) is 54.9 Å². The molecule has 0 bridgehead atoms. The van der Waals surface area contributed by atoms with Crippen LogP contribution >= 0.6 is 11.6 Å². The molecule has 0 saturated carbocycles. The van der Waals surface area contributed by atoms with Gasteiger partial charge in [0.1, 0.15) is 11.5 Å². The van der Waals surface area contributed by atoms with E-state index in [2.05, 4.69) is 17.6 Å². The van der Waals surface area contributed by atoms with Crippen molar-refractivity contribution in [3.63, 3.8) is 0 Å². The third kappa shape index (κ3) is 9.61. The summed E-state index contributed by atoms with van der Waals surface area (Å²) in [6.45, 7) is 10.9. The minimum absolute atomic E-state index is 0.175. The second-order valence-corrected chi connectivity index (χ2v) is 9.66. The van der Waals surface area contributed by atoms with E-state index in [1.54, 1.807) is 19.1 Å². The molecule has 2 aromatic carbocycles. The Kier molecular flexibility index (Phi) is 11.9. The zero-order valence-corrected chi connectivity index (χ0v) is 22.8. The summed E-state index contributed by atoms with van der Waals surface area (Å²) >= 11 is 6.50. The van der Waals surface area contributed by atoms with Gasteiger partial charge in [-0.3, -0.25) is 9.59 Å². The predicted octanol–water partition coefficient (Wildman–Crippen LogP) is 6.84. The van der Waals surface area contributed by atoms with Gasteiger partial charge in [0.25, 0.3) is 0 Å². The maximum Gasteiger partial charge on any atom is 0.311 e. The molecule has 0 aromatic heterocycles. The van der Waals surface area contributed by atoms with E-state index < -0.39 is 5.41 Å². The average molecular weight is 519 g/mol. The fraction of sp³-hybridized carbons (Fsp3) is 0.500. The zero-order valence-electron chi connectivity index (χ0n) is 22.0. The Labute approximate surface area is 219 Å². The number of carbonyl (C=O) groups is 2. The van der Waals surface area contributed by atoms with Gasteiger partial charge in [-0.15, -0.1) is 0 Å². The number of unbranched alkanes of at least 4 members (excludes halogenated alkanes) is 2. The number of esters is 1. The number of ether oxygens (including phenoxy) is 3. The second-order valence-electron chi connectivity index (χ2n) is 9.25. The maximum absolute atomic E-state index is 12.1. The summed E-state index contributed by atoms with van der Waals surface area (Å²) < 4.78 is 16.8. The molecule has 0 spiro atoms. The van der Waals surface area contributed by atoms with Crippen molar-refractivity contribution in [2.45, 2.75) is 66.8 Å². The van der Waals surface area contributed by atoms with Gasteiger partial charge in [-0.05, 0) is 63.4 Å². The summed E-state index contributed by atoms with van der Waals surface area (Å²) in [6, 6.07) is 11.1. The number of hydrogen-bond donors (Lipinski definition) is 2. The first-order valence-corrected chi connectivity index (χ1v) is 12.9. The normalized spacial score (nSPS) is 11.1. The van der Waals surface area contributed by atoms with Crippen LogP contribution in [0.5, 0.6) is 11.5 Å². The Balaban J connectivity index is 2.05. The molecule has 2 aromatic rings. The van der Waals surface area contributed by atoms with Crippen molar-refractivity contribution in [3.05, 3.63) is 47.0 Å². The number of hydrogen-bond acceptors (Lipinski definition) is 6. The molecule has 0 fully saturated rings. The van der Waals surface area contributed by atoms with Gasteiger partial charge >= 0.3 is 5.97 Å². The van der Waals surface area contributed by atoms with Crippen LogP contribution in [0.25, 0.3) is 0 Å². The molecule has 0 saturated heterocycles. The number of carbonyl (C=O) groups excluding carboxylic acids is 2. The molecule has 2 rings (SSSR count). The molecule has 0 aliphatic rings. The highest BCUT2D eigenvalue weighted by molar-refractivity contribution is 6.31. The third-order valence-corrected chi connectivity index (χ3v) is 5.99. The van der Waals surface area contributed by atoms with Crippen molar-refractivity contribution in [2.75, 3.05) is 30.5 Å². The third-order valence-electron chi connectivity index (χ3n) is 5.64. The predicted molar refractivity (Wildman–Crippen MR) is 145 cm³/mol. The minimum atomic E-state index is -0.643. The number of benzene rings is 2. The lowest BCUT2D eigenvalue weighted by molar-refractivity contribution is -0.154. The quantitative estimate of drug-likeness (QED) is 0.198. The number of anilines is 2. The van der Waals surface area contributed by atoms with E-state index in [-0.39, 0.29) is 11.9 Å². The number of rotatable bonds is 15. The van der Waals surface area contributed by atoms with Crippen molar-refractivity contribution in [1.82, 2.24) is 0 Å². The molecule has 0 radical (unpaired) electrons. The van der Waals surface area contributed by atoms with Crippen molar-refractivity contribution in [3.8, 4) is 11.5 Å². The van der Waals surface area contributed by atoms with Crippen LogP contribution in [0.2, 0.25) is 5.02 Å². The van der Waals surface area contributed by atoms with Crippen LogP contribution < -0.4 is 20.1 Å². The van der Waals surface area contributed by atoms with Crippen molar-refractivity contribution in [2.24, 2.45) is 5.41 Å². The smallest absolute Gasteiger partial charge is 0.311 e. The SMILES string of the molecule is CCCCCOc1ccc(CNc2cc(OCCC(C)(C)C(=O)OCC)ccc2NC(C)=O)c(Cl)c1. The molecule has 36 heavy (non-hydrogen) atoms. The molecule has 0 aliphatic heterocycles. The summed E-state index contributed by atoms with van der Waals surface area (Å²) in [7, 11) is 0. The lowest BCUT2D eigenvalue weighted by atomic mass is 9.90. The lowest BCUT2D eigenvalue weighted by Crippen LogP contribution is -2.28. The van der Waals surface area contributed by atoms with Crippen molar-refractivity contribution >= 4 is 34.9 Å². The van der Waals surface area contributed by atoms with Crippen LogP contribution in [0, 0.1) is 5.41 Å². The van der Waals surface area contributed by atoms with E-state index in [0.717, 1.165) is 30.6 Å². The zero-order chi connectivity index (χ0) is 26.6. The molecule has 0 atom stereocenters. The van der Waals surface area contributed by atoms with Crippen LogP contribution in [-0.4, -0.2) is 31.7 Å². The fourth-order valence-corrected chi connectivity index (χ4v) is 3.64. The second kappa shape index (κ2) is 14.6. The van der Waals surface area contributed by atoms with E-state index in [1.807, 2.05) is 38.1 Å². The van der Waals surface area contributed by atoms with Gasteiger partial charge in [-0.1, -0.05) is 37.4 Å². The number of amides is 1. The van der Waals surface area contributed by atoms with Gasteiger partial charge in [0.2, 0.25) is 5.91 Å². The average Bonchev–Trinajstić information content (AvgIpc) is 2.82. The summed E-state index contributed by atoms with van der Waals surface area (Å²) in [5.41, 5.74) is 1.58. The van der Waals surface area contributed by atoms with E-state index >= 15 is 0 Å². The van der Waals surface area contributed by atoms with Crippen LogP contribution in [0.4, 0.5) is 11.4 Å². The van der Waals surface area contributed by atoms with Gasteiger partial charge in [-0.25, -0.2) is 0 Å². The van der Waals surface area contributed by atoms with Gasteiger partial charge in [-0.2, -0.15) is 0 Å². The highest BCUT2D eigenvalue weighted by atomic mass is 35.5. The van der Waals surface area contributed by atoms with Crippen LogP contribution in [0.1, 0.15) is 65.9 Å². The van der Waals surface area contributed by atoms with Gasteiger partial charge in [0.15, 0.2) is 0 Å². The first-order valence-electron chi connectivity index (χ1n) is 12.5. The van der Waals surface area contributed by atoms with E-state index in [4.69, 9.17) is 25.8 Å². The first kappa shape index (κ1) is 29.3. The Morgan fingerprint density at radius 3 is 2.31 bits per heavy atom. The summed E-state index contributed by atoms with van der Waals surface area (Å²) in [5.74, 6) is 0.949. The molecule has 1 amide bonds. The van der Waals surface area contributed by atoms with Crippen molar-refractivity contribution < 1.29 is 23.8 Å². The van der Waals surface area contributed by atoms with Crippen molar-refractivity contribution in [1.29, 1.82) is 0 Å². The lowest BCUT2D eigenvalue weighted by Gasteiger charge is -2.22. The standard InChI is InChI=1S/C28H39ClN2O5/c1-6-8-9-15-35-22-11-10-21(24(29)17-22)19-30-26-18-23(12-13-25(26)31-20(3)32)36-16-14-28(4,5)27(33)34-7-2/h10-13,17-18,30H,6-9,14-16,19H2,1-5H3,(H,31,32). The Morgan fingerprint density at radius 1 is 0.944 bits per heavy atom. The first-order chi connectivity index (χ1) is 17.2. The molecule has 2 N–H and O–H groups in total. The van der Waals surface area contributed by atoms with E-state index in [1.165, 1.54) is 6.92 Å². The monoisotopic (exact) mass is 518 g/mol. The maximum atomic E-state index is 12.1. The summed E-state index contributed by atoms with van der Waals surface area (Å²) in [5, 5.41) is 6.78. The number of nitrogens with one attached hydrogen (secondary N) is 2. The summed E-state index contributed by atoms with van der Waals surface area (Å²) in [6.07, 6.45) is 3.80. The molecular formula is C28H39ClN2O5. The fourth-order valence-electron chi connectivity index (χ4n) is 3.40.